The van der Waals surface area contributed by atoms with Gasteiger partial charge in [-0.15, -0.1) is 0 Å². The van der Waals surface area contributed by atoms with E-state index in [0.717, 1.165) is 22.8 Å². The van der Waals surface area contributed by atoms with Gasteiger partial charge in [-0.2, -0.15) is 0 Å². The van der Waals surface area contributed by atoms with Crippen LogP contribution in [0.15, 0.2) is 82.6 Å². The summed E-state index contributed by atoms with van der Waals surface area (Å²) in [6.45, 7) is 0. The number of nitro groups is 1. The SMILES string of the molecule is O=C1C[C@@H](c2ccco2)CC2=C1[C@H](c1cccc([N+](=O)[O-])c1)Nc1ccccc1N2. The number of rotatable bonds is 3. The number of benzene rings is 2. The molecule has 0 radical (unpaired) electrons. The van der Waals surface area contributed by atoms with E-state index < -0.39 is 11.0 Å². The van der Waals surface area contributed by atoms with E-state index in [2.05, 4.69) is 10.6 Å². The number of ketones is 1. The van der Waals surface area contributed by atoms with E-state index in [1.54, 1.807) is 12.3 Å². The molecular formula is C23H19N3O4. The number of furan rings is 1. The molecule has 30 heavy (non-hydrogen) atoms. The Morgan fingerprint density at radius 1 is 1.00 bits per heavy atom. The van der Waals surface area contributed by atoms with E-state index in [4.69, 9.17) is 4.42 Å². The summed E-state index contributed by atoms with van der Waals surface area (Å²) in [6.07, 6.45) is 2.57. The zero-order chi connectivity index (χ0) is 20.7. The number of Topliss-reactive ketones (excluding diaryl/α,β-unsaturated/α-hetero) is 1. The molecule has 0 unspecified atom stereocenters. The van der Waals surface area contributed by atoms with Crippen LogP contribution in [-0.2, 0) is 4.79 Å². The highest BCUT2D eigenvalue weighted by atomic mass is 16.6. The van der Waals surface area contributed by atoms with Crippen LogP contribution in [0.3, 0.4) is 0 Å². The fraction of sp³-hybridized carbons (Fsp3) is 0.174. The summed E-state index contributed by atoms with van der Waals surface area (Å²) in [5.74, 6) is 0.742. The maximum atomic E-state index is 13.3. The van der Waals surface area contributed by atoms with Crippen LogP contribution in [0, 0.1) is 10.1 Å². The first kappa shape index (κ1) is 18.2. The standard InChI is InChI=1S/C23H19N3O4/c27-20-13-15(21-9-4-10-30-21)12-19-22(20)23(14-5-3-6-16(11-14)26(28)29)25-18-8-2-1-7-17(18)24-19/h1-11,15,23-25H,12-13H2/t15-,23-/m0/s1. The van der Waals surface area contributed by atoms with Gasteiger partial charge in [0.1, 0.15) is 5.76 Å². The lowest BCUT2D eigenvalue weighted by Crippen LogP contribution is -2.26. The van der Waals surface area contributed by atoms with Crippen LogP contribution < -0.4 is 10.6 Å². The van der Waals surface area contributed by atoms with Gasteiger partial charge in [-0.05, 0) is 36.2 Å². The number of non-ortho nitro benzene ring substituents is 1. The molecule has 7 heteroatoms. The van der Waals surface area contributed by atoms with Gasteiger partial charge in [0.25, 0.3) is 5.69 Å². The van der Waals surface area contributed by atoms with Crippen LogP contribution >= 0.6 is 0 Å². The second-order valence-corrected chi connectivity index (χ2v) is 7.54. The molecule has 2 atom stereocenters. The topological polar surface area (TPSA) is 97.4 Å². The van der Waals surface area contributed by atoms with E-state index in [-0.39, 0.29) is 17.4 Å². The molecule has 3 aromatic rings. The van der Waals surface area contributed by atoms with E-state index in [0.29, 0.717) is 24.0 Å². The van der Waals surface area contributed by atoms with Crippen molar-refractivity contribution in [2.75, 3.05) is 10.6 Å². The number of carbonyl (C=O) groups is 1. The Morgan fingerprint density at radius 3 is 2.60 bits per heavy atom. The van der Waals surface area contributed by atoms with Crippen molar-refractivity contribution >= 4 is 22.8 Å². The number of nitro benzene ring substituents is 1. The lowest BCUT2D eigenvalue weighted by molar-refractivity contribution is -0.384. The van der Waals surface area contributed by atoms with Gasteiger partial charge < -0.3 is 15.1 Å². The predicted molar refractivity (Wildman–Crippen MR) is 112 cm³/mol. The van der Waals surface area contributed by atoms with Crippen LogP contribution in [0.1, 0.15) is 36.1 Å². The largest absolute Gasteiger partial charge is 0.469 e. The highest BCUT2D eigenvalue weighted by Crippen LogP contribution is 2.44. The normalized spacial score (nSPS) is 20.5. The minimum atomic E-state index is -0.485. The first-order valence-corrected chi connectivity index (χ1v) is 9.77. The van der Waals surface area contributed by atoms with Crippen LogP contribution in [0.25, 0.3) is 0 Å². The van der Waals surface area contributed by atoms with Crippen molar-refractivity contribution in [3.8, 4) is 0 Å². The Labute approximate surface area is 172 Å². The quantitative estimate of drug-likeness (QED) is 0.464. The first-order chi connectivity index (χ1) is 14.6. The zero-order valence-corrected chi connectivity index (χ0v) is 16.0. The van der Waals surface area contributed by atoms with Crippen LogP contribution in [0.5, 0.6) is 0 Å². The van der Waals surface area contributed by atoms with Gasteiger partial charge in [0, 0.05) is 35.7 Å². The van der Waals surface area contributed by atoms with Crippen molar-refractivity contribution in [3.63, 3.8) is 0 Å². The van der Waals surface area contributed by atoms with Gasteiger partial charge >= 0.3 is 0 Å². The maximum Gasteiger partial charge on any atom is 0.269 e. The van der Waals surface area contributed by atoms with E-state index in [1.807, 2.05) is 42.5 Å². The monoisotopic (exact) mass is 401 g/mol. The Morgan fingerprint density at radius 2 is 1.83 bits per heavy atom. The minimum absolute atomic E-state index is 0.00124. The summed E-state index contributed by atoms with van der Waals surface area (Å²) in [5, 5.41) is 18.2. The molecule has 1 aromatic heterocycles. The number of nitrogens with one attached hydrogen (secondary N) is 2. The second kappa shape index (κ2) is 7.18. The summed E-state index contributed by atoms with van der Waals surface area (Å²) in [6, 6.07) is 17.4. The summed E-state index contributed by atoms with van der Waals surface area (Å²) in [5.41, 5.74) is 3.83. The third-order valence-corrected chi connectivity index (χ3v) is 5.67. The number of hydrogen-bond donors (Lipinski definition) is 2. The molecule has 0 bridgehead atoms. The molecule has 0 saturated heterocycles. The lowest BCUT2D eigenvalue weighted by atomic mass is 9.80. The third kappa shape index (κ3) is 3.14. The zero-order valence-electron chi connectivity index (χ0n) is 16.0. The average molecular weight is 401 g/mol. The number of nitrogens with zero attached hydrogens (tertiary/aromatic N) is 1. The van der Waals surface area contributed by atoms with Crippen LogP contribution in [0.4, 0.5) is 17.1 Å². The fourth-order valence-corrected chi connectivity index (χ4v) is 4.29. The van der Waals surface area contributed by atoms with Gasteiger partial charge in [-0.25, -0.2) is 0 Å². The van der Waals surface area contributed by atoms with Crippen molar-refractivity contribution < 1.29 is 14.1 Å². The molecule has 2 aliphatic rings. The molecule has 7 nitrogen and oxygen atoms in total. The van der Waals surface area contributed by atoms with Gasteiger partial charge in [0.05, 0.1) is 28.6 Å². The van der Waals surface area contributed by atoms with Gasteiger partial charge in [0.2, 0.25) is 0 Å². The number of hydrogen-bond acceptors (Lipinski definition) is 6. The number of anilines is 2. The molecule has 1 aliphatic heterocycles. The molecule has 1 aliphatic carbocycles. The van der Waals surface area contributed by atoms with Crippen molar-refractivity contribution in [2.24, 2.45) is 0 Å². The van der Waals surface area contributed by atoms with E-state index in [1.165, 1.54) is 12.1 Å². The first-order valence-electron chi connectivity index (χ1n) is 9.77. The average Bonchev–Trinajstić information content (AvgIpc) is 3.23. The smallest absolute Gasteiger partial charge is 0.269 e. The number of carbonyl (C=O) groups excluding carboxylic acids is 1. The Kier molecular flexibility index (Phi) is 4.35. The van der Waals surface area contributed by atoms with Crippen molar-refractivity contribution in [3.05, 3.63) is 99.6 Å². The molecule has 0 fully saturated rings. The molecule has 0 spiro atoms. The van der Waals surface area contributed by atoms with E-state index >= 15 is 0 Å². The summed E-state index contributed by atoms with van der Waals surface area (Å²) in [4.78, 5) is 24.2. The van der Waals surface area contributed by atoms with Crippen molar-refractivity contribution in [1.82, 2.24) is 0 Å². The van der Waals surface area contributed by atoms with Gasteiger partial charge in [0.15, 0.2) is 5.78 Å². The molecule has 150 valence electrons. The third-order valence-electron chi connectivity index (χ3n) is 5.67. The molecule has 0 saturated carbocycles. The van der Waals surface area contributed by atoms with Crippen LogP contribution in [-0.4, -0.2) is 10.7 Å². The maximum absolute atomic E-state index is 13.3. The highest BCUT2D eigenvalue weighted by molar-refractivity contribution is 6.01. The molecule has 2 heterocycles. The predicted octanol–water partition coefficient (Wildman–Crippen LogP) is 5.17. The lowest BCUT2D eigenvalue weighted by Gasteiger charge is -2.28. The Bertz CT molecular complexity index is 1170. The summed E-state index contributed by atoms with van der Waals surface area (Å²) >= 11 is 0. The fourth-order valence-electron chi connectivity index (χ4n) is 4.29. The second-order valence-electron chi connectivity index (χ2n) is 7.54. The molecular weight excluding hydrogens is 382 g/mol. The van der Waals surface area contributed by atoms with Gasteiger partial charge in [-0.1, -0.05) is 24.3 Å². The molecule has 0 amide bonds. The molecule has 5 rings (SSSR count). The van der Waals surface area contributed by atoms with Crippen molar-refractivity contribution in [2.45, 2.75) is 24.8 Å². The summed E-state index contributed by atoms with van der Waals surface area (Å²) < 4.78 is 5.56. The minimum Gasteiger partial charge on any atom is -0.469 e. The van der Waals surface area contributed by atoms with Crippen molar-refractivity contribution in [1.29, 1.82) is 0 Å². The molecule has 2 aromatic carbocycles. The Balaban J connectivity index is 1.63. The number of allylic oxidation sites excluding steroid dienone is 1. The van der Waals surface area contributed by atoms with E-state index in [9.17, 15) is 14.9 Å². The van der Waals surface area contributed by atoms with Crippen LogP contribution in [0.2, 0.25) is 0 Å². The summed E-state index contributed by atoms with van der Waals surface area (Å²) in [7, 11) is 0. The highest BCUT2D eigenvalue weighted by Gasteiger charge is 2.37. The Hall–Kier alpha value is -3.87. The number of fused-ring (bicyclic) bond motifs is 1. The van der Waals surface area contributed by atoms with Gasteiger partial charge in [-0.3, -0.25) is 14.9 Å². The molecule has 2 N–H and O–H groups in total. The number of para-hydroxylation sites is 2.